The molecule has 4 aromatic rings. The van der Waals surface area contributed by atoms with Crippen LogP contribution in [0.1, 0.15) is 23.7 Å². The molecule has 8 heteroatoms. The van der Waals surface area contributed by atoms with Crippen molar-refractivity contribution < 1.29 is 4.74 Å². The quantitative estimate of drug-likeness (QED) is 0.492. The van der Waals surface area contributed by atoms with Gasteiger partial charge < -0.3 is 9.72 Å². The molecule has 33 heavy (non-hydrogen) atoms. The number of hydrogen-bond donors (Lipinski definition) is 1. The zero-order chi connectivity index (χ0) is 22.6. The van der Waals surface area contributed by atoms with Gasteiger partial charge in [0.25, 0.3) is 5.56 Å². The van der Waals surface area contributed by atoms with Crippen molar-refractivity contribution in [1.29, 1.82) is 0 Å². The summed E-state index contributed by atoms with van der Waals surface area (Å²) in [7, 11) is 0. The van der Waals surface area contributed by atoms with Crippen molar-refractivity contribution >= 4 is 0 Å². The van der Waals surface area contributed by atoms with E-state index in [1.165, 1.54) is 6.33 Å². The fourth-order valence-electron chi connectivity index (χ4n) is 4.03. The summed E-state index contributed by atoms with van der Waals surface area (Å²) >= 11 is 0. The summed E-state index contributed by atoms with van der Waals surface area (Å²) in [5.41, 5.74) is 5.20. The molecule has 0 fully saturated rings. The van der Waals surface area contributed by atoms with Gasteiger partial charge in [0.1, 0.15) is 17.9 Å². The van der Waals surface area contributed by atoms with Crippen molar-refractivity contribution in [2.24, 2.45) is 0 Å². The van der Waals surface area contributed by atoms with Gasteiger partial charge in [-0.05, 0) is 30.7 Å². The van der Waals surface area contributed by atoms with Crippen LogP contribution in [0.15, 0.2) is 66.1 Å². The fourth-order valence-corrected chi connectivity index (χ4v) is 4.03. The second-order valence-electron chi connectivity index (χ2n) is 7.94. The highest BCUT2D eigenvalue weighted by atomic mass is 16.5. The van der Waals surface area contributed by atoms with Crippen LogP contribution in [-0.4, -0.2) is 43.0 Å². The van der Waals surface area contributed by atoms with Crippen LogP contribution in [0.2, 0.25) is 0 Å². The maximum absolute atomic E-state index is 12.7. The average molecular weight is 441 g/mol. The van der Waals surface area contributed by atoms with Gasteiger partial charge in [0, 0.05) is 50.2 Å². The maximum atomic E-state index is 12.7. The van der Waals surface area contributed by atoms with Crippen molar-refractivity contribution in [2.75, 3.05) is 13.2 Å². The van der Waals surface area contributed by atoms with Crippen LogP contribution in [0.3, 0.4) is 0 Å². The maximum Gasteiger partial charge on any atom is 0.255 e. The molecule has 0 amide bonds. The van der Waals surface area contributed by atoms with E-state index in [-0.39, 0.29) is 5.56 Å². The van der Waals surface area contributed by atoms with E-state index in [9.17, 15) is 4.79 Å². The van der Waals surface area contributed by atoms with Gasteiger partial charge in [-0.1, -0.05) is 18.2 Å². The first kappa shape index (κ1) is 21.0. The van der Waals surface area contributed by atoms with Crippen LogP contribution in [0.5, 0.6) is 5.75 Å². The minimum absolute atomic E-state index is 0.105. The number of pyridine rings is 1. The van der Waals surface area contributed by atoms with E-state index < -0.39 is 0 Å². The summed E-state index contributed by atoms with van der Waals surface area (Å²) in [6.07, 6.45) is 7.37. The van der Waals surface area contributed by atoms with Crippen LogP contribution in [0, 0.1) is 0 Å². The second kappa shape index (κ2) is 9.30. The molecule has 0 unspecified atom stereocenters. The zero-order valence-electron chi connectivity index (χ0n) is 18.4. The highest BCUT2D eigenvalue weighted by Crippen LogP contribution is 2.23. The van der Waals surface area contributed by atoms with Crippen LogP contribution in [-0.2, 0) is 19.5 Å². The highest BCUT2D eigenvalue weighted by molar-refractivity contribution is 5.61. The van der Waals surface area contributed by atoms with Gasteiger partial charge in [0.15, 0.2) is 0 Å². The lowest BCUT2D eigenvalue weighted by molar-refractivity contribution is 0.241. The van der Waals surface area contributed by atoms with Gasteiger partial charge in [-0.2, -0.15) is 0 Å². The molecule has 3 aromatic heterocycles. The lowest BCUT2D eigenvalue weighted by Crippen LogP contribution is -2.35. The lowest BCUT2D eigenvalue weighted by atomic mass is 10.1. The molecule has 8 nitrogen and oxygen atoms in total. The minimum Gasteiger partial charge on any atom is -0.494 e. The Balaban J connectivity index is 1.29. The van der Waals surface area contributed by atoms with Crippen molar-refractivity contribution in [3.63, 3.8) is 0 Å². The number of hydrogen-bond acceptors (Lipinski definition) is 7. The number of aromatic nitrogens is 5. The first-order valence-electron chi connectivity index (χ1n) is 11.0. The Labute approximate surface area is 191 Å². The number of nitrogens with one attached hydrogen (secondary N) is 1. The Kier molecular flexibility index (Phi) is 5.91. The number of H-pyrrole nitrogens is 1. The summed E-state index contributed by atoms with van der Waals surface area (Å²) in [5.74, 6) is 1.36. The van der Waals surface area contributed by atoms with Crippen molar-refractivity contribution in [1.82, 2.24) is 29.8 Å². The number of rotatable bonds is 6. The van der Waals surface area contributed by atoms with Crippen molar-refractivity contribution in [3.8, 4) is 28.4 Å². The summed E-state index contributed by atoms with van der Waals surface area (Å²) in [4.78, 5) is 35.2. The van der Waals surface area contributed by atoms with Gasteiger partial charge >= 0.3 is 0 Å². The van der Waals surface area contributed by atoms with Gasteiger partial charge in [0.05, 0.1) is 29.1 Å². The zero-order valence-corrected chi connectivity index (χ0v) is 18.4. The Hall–Kier alpha value is -3.91. The van der Waals surface area contributed by atoms with E-state index in [4.69, 9.17) is 4.74 Å². The lowest BCUT2D eigenvalue weighted by Gasteiger charge is -2.27. The summed E-state index contributed by atoms with van der Waals surface area (Å²) in [6, 6.07) is 12.1. The molecule has 166 valence electrons. The van der Waals surface area contributed by atoms with Gasteiger partial charge in [-0.3, -0.25) is 14.7 Å². The normalized spacial score (nSPS) is 13.5. The smallest absolute Gasteiger partial charge is 0.255 e. The van der Waals surface area contributed by atoms with E-state index in [1.807, 2.05) is 43.5 Å². The molecule has 0 radical (unpaired) electrons. The number of ether oxygens (including phenoxy) is 1. The molecule has 5 rings (SSSR count). The predicted octanol–water partition coefficient (Wildman–Crippen LogP) is 3.25. The topological polar surface area (TPSA) is 96.9 Å². The highest BCUT2D eigenvalue weighted by Gasteiger charge is 2.22. The summed E-state index contributed by atoms with van der Waals surface area (Å²) < 4.78 is 5.59. The molecule has 0 bridgehead atoms. The van der Waals surface area contributed by atoms with Crippen LogP contribution >= 0.6 is 0 Å². The number of aromatic amines is 1. The van der Waals surface area contributed by atoms with Gasteiger partial charge in [-0.15, -0.1) is 0 Å². The van der Waals surface area contributed by atoms with E-state index in [0.717, 1.165) is 53.3 Å². The molecule has 0 saturated carbocycles. The monoisotopic (exact) mass is 440 g/mol. The van der Waals surface area contributed by atoms with E-state index in [1.54, 1.807) is 12.4 Å². The van der Waals surface area contributed by atoms with Crippen molar-refractivity contribution in [2.45, 2.75) is 26.4 Å². The van der Waals surface area contributed by atoms with Gasteiger partial charge in [0.2, 0.25) is 0 Å². The third kappa shape index (κ3) is 4.65. The van der Waals surface area contributed by atoms with Crippen molar-refractivity contribution in [3.05, 3.63) is 88.5 Å². The number of nitrogens with zero attached hydrogens (tertiary/aromatic N) is 5. The molecule has 0 saturated heterocycles. The SMILES string of the molecule is CCOc1cccc(-c2ccc(CN3CCc4nc(-c5cncnc5)[nH]c(=O)c4C3)cn2)c1. The minimum atomic E-state index is -0.105. The molecule has 4 heterocycles. The summed E-state index contributed by atoms with van der Waals surface area (Å²) in [5, 5.41) is 0. The van der Waals surface area contributed by atoms with Crippen LogP contribution in [0.4, 0.5) is 0 Å². The fraction of sp³-hybridized carbons (Fsp3) is 0.240. The van der Waals surface area contributed by atoms with E-state index >= 15 is 0 Å². The Morgan fingerprint density at radius 1 is 1.09 bits per heavy atom. The molecule has 0 atom stereocenters. The van der Waals surface area contributed by atoms with Crippen LogP contribution in [0.25, 0.3) is 22.6 Å². The van der Waals surface area contributed by atoms with E-state index in [0.29, 0.717) is 24.5 Å². The molecule has 0 aliphatic carbocycles. The largest absolute Gasteiger partial charge is 0.494 e. The second-order valence-corrected chi connectivity index (χ2v) is 7.94. The van der Waals surface area contributed by atoms with E-state index in [2.05, 4.69) is 35.9 Å². The first-order valence-corrected chi connectivity index (χ1v) is 11.0. The summed E-state index contributed by atoms with van der Waals surface area (Å²) in [6.45, 7) is 4.71. The molecule has 1 aromatic carbocycles. The first-order chi connectivity index (χ1) is 16.2. The molecule has 1 N–H and O–H groups in total. The molecular formula is C25H24N6O2. The van der Waals surface area contributed by atoms with Gasteiger partial charge in [-0.25, -0.2) is 15.0 Å². The molecule has 1 aliphatic heterocycles. The standard InChI is InChI=1S/C25H24N6O2/c1-2-33-20-5-3-4-18(10-20)22-7-6-17(11-28-22)14-31-9-8-23-21(15-31)25(32)30-24(29-23)19-12-26-16-27-13-19/h3-7,10-13,16H,2,8-9,14-15H2,1H3,(H,29,30,32). The molecule has 1 aliphatic rings. The Morgan fingerprint density at radius 3 is 2.76 bits per heavy atom. The third-order valence-corrected chi connectivity index (χ3v) is 5.65. The Morgan fingerprint density at radius 2 is 1.97 bits per heavy atom. The third-order valence-electron chi connectivity index (χ3n) is 5.65. The Bertz CT molecular complexity index is 1300. The number of benzene rings is 1. The van der Waals surface area contributed by atoms with Crippen LogP contribution < -0.4 is 10.3 Å². The average Bonchev–Trinajstić information content (AvgIpc) is 2.86. The molecule has 0 spiro atoms. The number of fused-ring (bicyclic) bond motifs is 1. The molecular weight excluding hydrogens is 416 g/mol. The predicted molar refractivity (Wildman–Crippen MR) is 125 cm³/mol.